The SMILES string of the molecule is NC1CCN(C(=O)C2CC=CC2)C1. The molecule has 1 fully saturated rings. The molecule has 1 heterocycles. The van der Waals surface area contributed by atoms with Crippen LogP contribution >= 0.6 is 0 Å². The van der Waals surface area contributed by atoms with Crippen molar-refractivity contribution in [3.8, 4) is 0 Å². The molecule has 0 spiro atoms. The number of carbonyl (C=O) groups is 1. The molecule has 13 heavy (non-hydrogen) atoms. The van der Waals surface area contributed by atoms with E-state index in [1.165, 1.54) is 0 Å². The minimum Gasteiger partial charge on any atom is -0.341 e. The van der Waals surface area contributed by atoms with E-state index < -0.39 is 0 Å². The summed E-state index contributed by atoms with van der Waals surface area (Å²) < 4.78 is 0. The molecule has 2 N–H and O–H groups in total. The fraction of sp³-hybridized carbons (Fsp3) is 0.700. The molecular formula is C10H16N2O. The fourth-order valence-electron chi connectivity index (χ4n) is 2.06. The molecule has 2 aliphatic rings. The highest BCUT2D eigenvalue weighted by atomic mass is 16.2. The first-order valence-corrected chi connectivity index (χ1v) is 4.97. The van der Waals surface area contributed by atoms with Crippen LogP contribution in [0.15, 0.2) is 12.2 Å². The Morgan fingerprint density at radius 2 is 2.08 bits per heavy atom. The third-order valence-corrected chi connectivity index (χ3v) is 2.89. The molecule has 0 aromatic rings. The highest BCUT2D eigenvalue weighted by Crippen LogP contribution is 2.22. The second kappa shape index (κ2) is 3.50. The molecule has 0 bridgehead atoms. The van der Waals surface area contributed by atoms with E-state index in [0.29, 0.717) is 5.91 Å². The minimum absolute atomic E-state index is 0.207. The zero-order valence-corrected chi connectivity index (χ0v) is 7.78. The Kier molecular flexibility index (Phi) is 2.36. The molecule has 1 atom stereocenters. The third-order valence-electron chi connectivity index (χ3n) is 2.89. The Balaban J connectivity index is 1.90. The van der Waals surface area contributed by atoms with Gasteiger partial charge in [-0.3, -0.25) is 4.79 Å². The maximum absolute atomic E-state index is 11.8. The van der Waals surface area contributed by atoms with Gasteiger partial charge >= 0.3 is 0 Å². The van der Waals surface area contributed by atoms with E-state index in [0.717, 1.165) is 32.4 Å². The fourth-order valence-corrected chi connectivity index (χ4v) is 2.06. The maximum Gasteiger partial charge on any atom is 0.226 e. The van der Waals surface area contributed by atoms with Gasteiger partial charge in [0, 0.05) is 25.0 Å². The summed E-state index contributed by atoms with van der Waals surface area (Å²) in [6.45, 7) is 1.62. The van der Waals surface area contributed by atoms with Crippen molar-refractivity contribution in [1.29, 1.82) is 0 Å². The standard InChI is InChI=1S/C10H16N2O/c11-9-5-6-12(7-9)10(13)8-3-1-2-4-8/h1-2,8-9H,3-7,11H2. The van der Waals surface area contributed by atoms with Crippen molar-refractivity contribution in [3.63, 3.8) is 0 Å². The normalized spacial score (nSPS) is 28.7. The van der Waals surface area contributed by atoms with Gasteiger partial charge < -0.3 is 10.6 Å². The second-order valence-corrected chi connectivity index (χ2v) is 3.97. The summed E-state index contributed by atoms with van der Waals surface area (Å²) in [5.41, 5.74) is 5.75. The molecule has 1 saturated heterocycles. The molecule has 3 heteroatoms. The molecule has 2 rings (SSSR count). The van der Waals surface area contributed by atoms with Crippen molar-refractivity contribution in [2.24, 2.45) is 11.7 Å². The van der Waals surface area contributed by atoms with Crippen LogP contribution in [0.2, 0.25) is 0 Å². The number of amides is 1. The Bertz CT molecular complexity index is 229. The van der Waals surface area contributed by atoms with Gasteiger partial charge in [-0.25, -0.2) is 0 Å². The Hall–Kier alpha value is -0.830. The van der Waals surface area contributed by atoms with Gasteiger partial charge in [0.05, 0.1) is 0 Å². The van der Waals surface area contributed by atoms with E-state index in [-0.39, 0.29) is 12.0 Å². The van der Waals surface area contributed by atoms with Crippen LogP contribution in [0.25, 0.3) is 0 Å². The first-order chi connectivity index (χ1) is 6.27. The van der Waals surface area contributed by atoms with Crippen LogP contribution in [0.5, 0.6) is 0 Å². The largest absolute Gasteiger partial charge is 0.341 e. The van der Waals surface area contributed by atoms with Gasteiger partial charge in [-0.1, -0.05) is 12.2 Å². The molecule has 1 aliphatic carbocycles. The van der Waals surface area contributed by atoms with Crippen LogP contribution in [-0.4, -0.2) is 29.9 Å². The van der Waals surface area contributed by atoms with Gasteiger partial charge in [0.25, 0.3) is 0 Å². The maximum atomic E-state index is 11.8. The van der Waals surface area contributed by atoms with E-state index in [1.54, 1.807) is 0 Å². The van der Waals surface area contributed by atoms with Gasteiger partial charge in [-0.05, 0) is 19.3 Å². The molecule has 0 saturated carbocycles. The van der Waals surface area contributed by atoms with E-state index in [9.17, 15) is 4.79 Å². The van der Waals surface area contributed by atoms with Gasteiger partial charge in [0.2, 0.25) is 5.91 Å². The van der Waals surface area contributed by atoms with E-state index in [4.69, 9.17) is 5.73 Å². The van der Waals surface area contributed by atoms with Crippen molar-refractivity contribution < 1.29 is 4.79 Å². The zero-order valence-electron chi connectivity index (χ0n) is 7.78. The highest BCUT2D eigenvalue weighted by molar-refractivity contribution is 5.80. The number of carbonyl (C=O) groups excluding carboxylic acids is 1. The molecule has 1 amide bonds. The summed E-state index contributed by atoms with van der Waals surface area (Å²) in [7, 11) is 0. The Labute approximate surface area is 78.6 Å². The molecule has 1 aliphatic heterocycles. The zero-order chi connectivity index (χ0) is 9.26. The number of nitrogens with two attached hydrogens (primary N) is 1. The average Bonchev–Trinajstić information content (AvgIpc) is 2.72. The van der Waals surface area contributed by atoms with Gasteiger partial charge in [-0.15, -0.1) is 0 Å². The van der Waals surface area contributed by atoms with Crippen molar-refractivity contribution in [1.82, 2.24) is 4.90 Å². The van der Waals surface area contributed by atoms with Crippen molar-refractivity contribution in [2.45, 2.75) is 25.3 Å². The van der Waals surface area contributed by atoms with Crippen LogP contribution in [0.1, 0.15) is 19.3 Å². The minimum atomic E-state index is 0.207. The first kappa shape index (κ1) is 8.75. The number of likely N-dealkylation sites (tertiary alicyclic amines) is 1. The lowest BCUT2D eigenvalue weighted by atomic mass is 10.1. The lowest BCUT2D eigenvalue weighted by molar-refractivity contribution is -0.134. The van der Waals surface area contributed by atoms with E-state index >= 15 is 0 Å². The van der Waals surface area contributed by atoms with Crippen LogP contribution < -0.4 is 5.73 Å². The quantitative estimate of drug-likeness (QED) is 0.598. The average molecular weight is 180 g/mol. The second-order valence-electron chi connectivity index (χ2n) is 3.97. The highest BCUT2D eigenvalue weighted by Gasteiger charge is 2.29. The molecule has 72 valence electrons. The number of allylic oxidation sites excluding steroid dienone is 2. The molecule has 0 aromatic carbocycles. The summed E-state index contributed by atoms with van der Waals surface area (Å²) in [6.07, 6.45) is 7.00. The van der Waals surface area contributed by atoms with Crippen molar-refractivity contribution in [2.75, 3.05) is 13.1 Å². The Morgan fingerprint density at radius 1 is 1.38 bits per heavy atom. The van der Waals surface area contributed by atoms with E-state index in [2.05, 4.69) is 12.2 Å². The van der Waals surface area contributed by atoms with Gasteiger partial charge in [0.1, 0.15) is 0 Å². The molecule has 0 radical (unpaired) electrons. The predicted molar refractivity (Wildman–Crippen MR) is 51.0 cm³/mol. The van der Waals surface area contributed by atoms with Crippen LogP contribution in [-0.2, 0) is 4.79 Å². The summed E-state index contributed by atoms with van der Waals surface area (Å²) >= 11 is 0. The Morgan fingerprint density at radius 3 is 2.62 bits per heavy atom. The number of rotatable bonds is 1. The summed E-state index contributed by atoms with van der Waals surface area (Å²) in [5.74, 6) is 0.517. The van der Waals surface area contributed by atoms with Gasteiger partial charge in [0.15, 0.2) is 0 Å². The molecule has 0 aromatic heterocycles. The smallest absolute Gasteiger partial charge is 0.226 e. The molecule has 3 nitrogen and oxygen atoms in total. The van der Waals surface area contributed by atoms with Crippen LogP contribution in [0.4, 0.5) is 0 Å². The lowest BCUT2D eigenvalue weighted by Gasteiger charge is -2.19. The van der Waals surface area contributed by atoms with E-state index in [1.807, 2.05) is 4.90 Å². The summed E-state index contributed by atoms with van der Waals surface area (Å²) in [4.78, 5) is 13.7. The first-order valence-electron chi connectivity index (χ1n) is 4.97. The van der Waals surface area contributed by atoms with Crippen LogP contribution in [0.3, 0.4) is 0 Å². The summed E-state index contributed by atoms with van der Waals surface area (Å²) in [6, 6.07) is 0.207. The molecule has 1 unspecified atom stereocenters. The molecular weight excluding hydrogens is 164 g/mol. The summed E-state index contributed by atoms with van der Waals surface area (Å²) in [5, 5.41) is 0. The number of nitrogens with zero attached hydrogens (tertiary/aromatic N) is 1. The number of hydrogen-bond acceptors (Lipinski definition) is 2. The van der Waals surface area contributed by atoms with Crippen molar-refractivity contribution in [3.05, 3.63) is 12.2 Å². The van der Waals surface area contributed by atoms with Gasteiger partial charge in [-0.2, -0.15) is 0 Å². The predicted octanol–water partition coefficient (Wildman–Crippen LogP) is 0.512. The monoisotopic (exact) mass is 180 g/mol. The topological polar surface area (TPSA) is 46.3 Å². The lowest BCUT2D eigenvalue weighted by Crippen LogP contribution is -2.35. The number of hydrogen-bond donors (Lipinski definition) is 1. The van der Waals surface area contributed by atoms with Crippen molar-refractivity contribution >= 4 is 5.91 Å². The van der Waals surface area contributed by atoms with Crippen LogP contribution in [0, 0.1) is 5.92 Å². The third kappa shape index (κ3) is 1.75.